The predicted octanol–water partition coefficient (Wildman–Crippen LogP) is 2.29. The largest absolute Gasteiger partial charge is 0.503 e. The summed E-state index contributed by atoms with van der Waals surface area (Å²) in [6.07, 6.45) is 3.23. The zero-order valence-electron chi connectivity index (χ0n) is 15.8. The molecule has 0 unspecified atom stereocenters. The van der Waals surface area contributed by atoms with Crippen LogP contribution in [0.3, 0.4) is 0 Å². The maximum absolute atomic E-state index is 13.3. The van der Waals surface area contributed by atoms with Crippen LogP contribution in [-0.4, -0.2) is 63.7 Å². The summed E-state index contributed by atoms with van der Waals surface area (Å²) in [5.41, 5.74) is 1.45. The van der Waals surface area contributed by atoms with Gasteiger partial charge in [0.25, 0.3) is 5.91 Å². The van der Waals surface area contributed by atoms with Crippen molar-refractivity contribution < 1.29 is 14.7 Å². The number of Topliss-reactive ketones (excluding diaryl/α,β-unsaturated/α-hetero) is 1. The Morgan fingerprint density at radius 1 is 1.30 bits per heavy atom. The average Bonchev–Trinajstić information content (AvgIpc) is 3.10. The summed E-state index contributed by atoms with van der Waals surface area (Å²) in [5, 5.41) is 11.3. The molecule has 0 aromatic carbocycles. The minimum Gasteiger partial charge on any atom is -0.503 e. The fourth-order valence-corrected chi connectivity index (χ4v) is 4.05. The lowest BCUT2D eigenvalue weighted by Gasteiger charge is -2.27. The molecule has 2 aromatic heterocycles. The van der Waals surface area contributed by atoms with E-state index < -0.39 is 17.7 Å². The van der Waals surface area contributed by atoms with E-state index in [0.29, 0.717) is 23.7 Å². The summed E-state index contributed by atoms with van der Waals surface area (Å²) in [6, 6.07) is 2.88. The molecular formula is C19H22N4O3S. The van der Waals surface area contributed by atoms with Gasteiger partial charge in [0.2, 0.25) is 5.78 Å². The first kappa shape index (κ1) is 19.2. The Morgan fingerprint density at radius 3 is 2.52 bits per heavy atom. The number of aliphatic hydroxyl groups excluding tert-OH is 1. The molecular weight excluding hydrogens is 364 g/mol. The molecule has 27 heavy (non-hydrogen) atoms. The van der Waals surface area contributed by atoms with Gasteiger partial charge in [0, 0.05) is 25.5 Å². The standard InChI is InChI=1S/C19H22N4O3S/c1-11-18(27-12(2)21-11)16(24)14-15(13-5-7-20-8-6-13)23(10-9-22(3)4)19(26)17(14)25/h5-8,15,25H,9-10H2,1-4H3/t15-/m1/s1. The Bertz CT molecular complexity index is 905. The van der Waals surface area contributed by atoms with Crippen LogP contribution in [0.5, 0.6) is 0 Å². The first-order valence-corrected chi connectivity index (χ1v) is 9.40. The first-order chi connectivity index (χ1) is 12.8. The van der Waals surface area contributed by atoms with E-state index >= 15 is 0 Å². The third-order valence-corrected chi connectivity index (χ3v) is 5.54. The highest BCUT2D eigenvalue weighted by Gasteiger charge is 2.44. The molecule has 0 bridgehead atoms. The number of hydrogen-bond donors (Lipinski definition) is 1. The minimum atomic E-state index is -0.644. The number of nitrogens with zero attached hydrogens (tertiary/aromatic N) is 4. The number of thiazole rings is 1. The number of aromatic nitrogens is 2. The molecule has 2 aromatic rings. The second-order valence-corrected chi connectivity index (χ2v) is 7.93. The zero-order chi connectivity index (χ0) is 19.7. The van der Waals surface area contributed by atoms with Gasteiger partial charge in [-0.3, -0.25) is 14.6 Å². The van der Waals surface area contributed by atoms with Crippen molar-refractivity contribution in [1.29, 1.82) is 0 Å². The summed E-state index contributed by atoms with van der Waals surface area (Å²) in [6.45, 7) is 4.59. The van der Waals surface area contributed by atoms with Crippen LogP contribution in [-0.2, 0) is 4.79 Å². The van der Waals surface area contributed by atoms with Crippen molar-refractivity contribution in [3.8, 4) is 0 Å². The quantitative estimate of drug-likeness (QED) is 0.767. The van der Waals surface area contributed by atoms with Crippen LogP contribution >= 0.6 is 11.3 Å². The number of pyridine rings is 1. The van der Waals surface area contributed by atoms with Gasteiger partial charge in [-0.2, -0.15) is 0 Å². The summed E-state index contributed by atoms with van der Waals surface area (Å²) < 4.78 is 0. The van der Waals surface area contributed by atoms with E-state index in [0.717, 1.165) is 10.6 Å². The Balaban J connectivity index is 2.07. The molecule has 1 aliphatic rings. The van der Waals surface area contributed by atoms with Gasteiger partial charge in [-0.1, -0.05) is 0 Å². The highest BCUT2D eigenvalue weighted by atomic mass is 32.1. The van der Waals surface area contributed by atoms with Crippen molar-refractivity contribution in [3.05, 3.63) is 57.0 Å². The Labute approximate surface area is 162 Å². The monoisotopic (exact) mass is 386 g/mol. The second-order valence-electron chi connectivity index (χ2n) is 6.72. The molecule has 1 amide bonds. The number of carbonyl (C=O) groups excluding carboxylic acids is 2. The second kappa shape index (κ2) is 7.58. The van der Waals surface area contributed by atoms with E-state index in [1.165, 1.54) is 11.3 Å². The normalized spacial score (nSPS) is 17.3. The topological polar surface area (TPSA) is 86.6 Å². The van der Waals surface area contributed by atoms with Gasteiger partial charge in [0.1, 0.15) is 0 Å². The Kier molecular flexibility index (Phi) is 5.38. The predicted molar refractivity (Wildman–Crippen MR) is 103 cm³/mol. The van der Waals surface area contributed by atoms with Gasteiger partial charge in [0.05, 0.1) is 27.2 Å². The van der Waals surface area contributed by atoms with Gasteiger partial charge >= 0.3 is 0 Å². The van der Waals surface area contributed by atoms with Crippen molar-refractivity contribution in [2.45, 2.75) is 19.9 Å². The molecule has 3 rings (SSSR count). The van der Waals surface area contributed by atoms with Gasteiger partial charge in [-0.15, -0.1) is 11.3 Å². The zero-order valence-corrected chi connectivity index (χ0v) is 16.6. The SMILES string of the molecule is Cc1nc(C)c(C(=O)C2=C(O)C(=O)N(CCN(C)C)[C@@H]2c2ccncc2)s1. The van der Waals surface area contributed by atoms with Crippen LogP contribution in [0.25, 0.3) is 0 Å². The lowest BCUT2D eigenvalue weighted by molar-refractivity contribution is -0.129. The van der Waals surface area contributed by atoms with Gasteiger partial charge in [-0.05, 0) is 45.6 Å². The van der Waals surface area contributed by atoms with Crippen molar-refractivity contribution in [2.75, 3.05) is 27.2 Å². The minimum absolute atomic E-state index is 0.108. The van der Waals surface area contributed by atoms with E-state index in [4.69, 9.17) is 0 Å². The highest BCUT2D eigenvalue weighted by molar-refractivity contribution is 7.14. The van der Waals surface area contributed by atoms with Crippen LogP contribution in [0.15, 0.2) is 35.9 Å². The third-order valence-electron chi connectivity index (χ3n) is 4.47. The summed E-state index contributed by atoms with van der Waals surface area (Å²) in [5.74, 6) is -1.36. The lowest BCUT2D eigenvalue weighted by Crippen LogP contribution is -2.36. The van der Waals surface area contributed by atoms with E-state index in [9.17, 15) is 14.7 Å². The molecule has 142 valence electrons. The number of ketones is 1. The molecule has 0 fully saturated rings. The van der Waals surface area contributed by atoms with Gasteiger partial charge in [-0.25, -0.2) is 4.98 Å². The smallest absolute Gasteiger partial charge is 0.290 e. The maximum Gasteiger partial charge on any atom is 0.290 e. The molecule has 1 N–H and O–H groups in total. The number of aryl methyl sites for hydroxylation is 2. The maximum atomic E-state index is 13.3. The van der Waals surface area contributed by atoms with E-state index in [1.807, 2.05) is 25.9 Å². The summed E-state index contributed by atoms with van der Waals surface area (Å²) in [7, 11) is 3.82. The summed E-state index contributed by atoms with van der Waals surface area (Å²) >= 11 is 1.27. The third kappa shape index (κ3) is 3.63. The number of likely N-dealkylation sites (N-methyl/N-ethyl adjacent to an activating group) is 1. The number of carbonyl (C=O) groups is 2. The fraction of sp³-hybridized carbons (Fsp3) is 0.368. The van der Waals surface area contributed by atoms with Crippen LogP contribution < -0.4 is 0 Å². The summed E-state index contributed by atoms with van der Waals surface area (Å²) in [4.78, 5) is 38.3. The van der Waals surface area contributed by atoms with Crippen LogP contribution in [0.4, 0.5) is 0 Å². The molecule has 8 heteroatoms. The van der Waals surface area contributed by atoms with Crippen molar-refractivity contribution in [2.24, 2.45) is 0 Å². The molecule has 0 saturated heterocycles. The molecule has 3 heterocycles. The van der Waals surface area contributed by atoms with Crippen LogP contribution in [0.2, 0.25) is 0 Å². The van der Waals surface area contributed by atoms with Gasteiger partial charge < -0.3 is 14.9 Å². The number of hydrogen-bond acceptors (Lipinski definition) is 7. The first-order valence-electron chi connectivity index (χ1n) is 8.58. The van der Waals surface area contributed by atoms with E-state index in [-0.39, 0.29) is 11.4 Å². The molecule has 0 radical (unpaired) electrons. The van der Waals surface area contributed by atoms with E-state index in [2.05, 4.69) is 9.97 Å². The number of amides is 1. The lowest BCUT2D eigenvalue weighted by atomic mass is 9.96. The van der Waals surface area contributed by atoms with Crippen molar-refractivity contribution in [1.82, 2.24) is 19.8 Å². The molecule has 0 saturated carbocycles. The number of rotatable bonds is 6. The molecule has 7 nitrogen and oxygen atoms in total. The molecule has 0 aliphatic carbocycles. The Hall–Kier alpha value is -2.58. The Morgan fingerprint density at radius 2 is 1.96 bits per heavy atom. The van der Waals surface area contributed by atoms with E-state index in [1.54, 1.807) is 36.4 Å². The molecule has 1 aliphatic heterocycles. The van der Waals surface area contributed by atoms with Crippen molar-refractivity contribution >= 4 is 23.0 Å². The van der Waals surface area contributed by atoms with Crippen molar-refractivity contribution in [3.63, 3.8) is 0 Å². The fourth-order valence-electron chi connectivity index (χ4n) is 3.18. The molecule has 0 spiro atoms. The molecule has 1 atom stereocenters. The van der Waals surface area contributed by atoms with Gasteiger partial charge in [0.15, 0.2) is 5.76 Å². The average molecular weight is 386 g/mol. The van der Waals surface area contributed by atoms with Crippen LogP contribution in [0.1, 0.15) is 32.0 Å². The van der Waals surface area contributed by atoms with Crippen LogP contribution in [0, 0.1) is 13.8 Å². The number of aliphatic hydroxyl groups is 1. The highest BCUT2D eigenvalue weighted by Crippen LogP contribution is 2.39.